The van der Waals surface area contributed by atoms with Crippen molar-refractivity contribution in [2.24, 2.45) is 5.73 Å². The van der Waals surface area contributed by atoms with Gasteiger partial charge in [0.25, 0.3) is 0 Å². The predicted molar refractivity (Wildman–Crippen MR) is 66.4 cm³/mol. The SMILES string of the molecule is CN1CCCCC1CCS(=O)CCCN. The average molecular weight is 232 g/mol. The molecule has 0 aromatic carbocycles. The minimum Gasteiger partial charge on any atom is -0.330 e. The van der Waals surface area contributed by atoms with Gasteiger partial charge in [0.15, 0.2) is 0 Å². The Morgan fingerprint density at radius 1 is 1.40 bits per heavy atom. The normalized spacial score (nSPS) is 25.3. The summed E-state index contributed by atoms with van der Waals surface area (Å²) >= 11 is 0. The summed E-state index contributed by atoms with van der Waals surface area (Å²) in [5, 5.41) is 0. The van der Waals surface area contributed by atoms with E-state index < -0.39 is 10.8 Å². The van der Waals surface area contributed by atoms with Gasteiger partial charge in [0, 0.05) is 28.3 Å². The van der Waals surface area contributed by atoms with E-state index in [0.29, 0.717) is 12.6 Å². The first-order chi connectivity index (χ1) is 7.24. The summed E-state index contributed by atoms with van der Waals surface area (Å²) in [5.41, 5.74) is 5.40. The highest BCUT2D eigenvalue weighted by Gasteiger charge is 2.18. The number of hydrogen-bond acceptors (Lipinski definition) is 3. The van der Waals surface area contributed by atoms with Crippen LogP contribution in [0.2, 0.25) is 0 Å². The van der Waals surface area contributed by atoms with Crippen molar-refractivity contribution in [2.75, 3.05) is 31.6 Å². The first-order valence-corrected chi connectivity index (χ1v) is 7.48. The van der Waals surface area contributed by atoms with E-state index in [1.54, 1.807) is 0 Å². The molecule has 0 aromatic heterocycles. The molecule has 0 spiro atoms. The van der Waals surface area contributed by atoms with E-state index in [-0.39, 0.29) is 0 Å². The van der Waals surface area contributed by atoms with Gasteiger partial charge in [0.1, 0.15) is 0 Å². The number of nitrogens with two attached hydrogens (primary N) is 1. The molecule has 0 saturated carbocycles. The van der Waals surface area contributed by atoms with Crippen molar-refractivity contribution in [3.8, 4) is 0 Å². The second-order valence-electron chi connectivity index (χ2n) is 4.41. The van der Waals surface area contributed by atoms with E-state index in [4.69, 9.17) is 5.73 Å². The molecule has 0 aliphatic carbocycles. The highest BCUT2D eigenvalue weighted by atomic mass is 32.2. The highest BCUT2D eigenvalue weighted by molar-refractivity contribution is 7.84. The smallest absolute Gasteiger partial charge is 0.0249 e. The van der Waals surface area contributed by atoms with Crippen LogP contribution in [0.5, 0.6) is 0 Å². The molecule has 2 unspecified atom stereocenters. The lowest BCUT2D eigenvalue weighted by molar-refractivity contribution is 0.182. The van der Waals surface area contributed by atoms with Crippen LogP contribution in [0.1, 0.15) is 32.1 Å². The lowest BCUT2D eigenvalue weighted by Crippen LogP contribution is -2.37. The maximum atomic E-state index is 11.6. The van der Waals surface area contributed by atoms with E-state index >= 15 is 0 Å². The summed E-state index contributed by atoms with van der Waals surface area (Å²) in [6, 6.07) is 0.667. The van der Waals surface area contributed by atoms with Gasteiger partial charge in [-0.2, -0.15) is 0 Å². The number of hydrogen-bond donors (Lipinski definition) is 1. The van der Waals surface area contributed by atoms with Crippen molar-refractivity contribution in [3.05, 3.63) is 0 Å². The number of piperidine rings is 1. The minimum absolute atomic E-state index is 0.643. The number of nitrogens with zero attached hydrogens (tertiary/aromatic N) is 1. The van der Waals surface area contributed by atoms with E-state index in [0.717, 1.165) is 24.3 Å². The molecule has 4 heteroatoms. The molecular formula is C11H24N2OS. The van der Waals surface area contributed by atoms with Crippen LogP contribution in [0.3, 0.4) is 0 Å². The first-order valence-electron chi connectivity index (χ1n) is 5.99. The maximum absolute atomic E-state index is 11.6. The zero-order valence-electron chi connectivity index (χ0n) is 9.78. The third kappa shape index (κ3) is 5.09. The molecule has 0 bridgehead atoms. The molecule has 0 radical (unpaired) electrons. The number of likely N-dealkylation sites (tertiary alicyclic amines) is 1. The molecule has 0 aromatic rings. The zero-order chi connectivity index (χ0) is 11.1. The molecule has 1 rings (SSSR count). The van der Waals surface area contributed by atoms with E-state index in [2.05, 4.69) is 11.9 Å². The molecule has 2 N–H and O–H groups in total. The van der Waals surface area contributed by atoms with Gasteiger partial charge in [0.2, 0.25) is 0 Å². The van der Waals surface area contributed by atoms with Gasteiger partial charge in [-0.15, -0.1) is 0 Å². The van der Waals surface area contributed by atoms with E-state index in [9.17, 15) is 4.21 Å². The van der Waals surface area contributed by atoms with Gasteiger partial charge < -0.3 is 10.6 Å². The Balaban J connectivity index is 2.14. The van der Waals surface area contributed by atoms with Gasteiger partial charge in [0.05, 0.1) is 0 Å². The Morgan fingerprint density at radius 3 is 2.87 bits per heavy atom. The standard InChI is InChI=1S/C11H24N2OS/c1-13-8-3-2-5-11(13)6-10-15(14)9-4-7-12/h11H,2-10,12H2,1H3. The fourth-order valence-corrected chi connectivity index (χ4v) is 3.35. The molecule has 1 saturated heterocycles. The second-order valence-corrected chi connectivity index (χ2v) is 6.11. The van der Waals surface area contributed by atoms with Gasteiger partial charge in [-0.3, -0.25) is 4.21 Å². The van der Waals surface area contributed by atoms with Crippen molar-refractivity contribution >= 4 is 10.8 Å². The quantitative estimate of drug-likeness (QED) is 0.742. The Labute approximate surface area is 95.9 Å². The average Bonchev–Trinajstić information content (AvgIpc) is 2.25. The lowest BCUT2D eigenvalue weighted by atomic mass is 10.0. The zero-order valence-corrected chi connectivity index (χ0v) is 10.6. The van der Waals surface area contributed by atoms with Gasteiger partial charge in [-0.1, -0.05) is 6.42 Å². The van der Waals surface area contributed by atoms with E-state index in [1.165, 1.54) is 25.8 Å². The molecule has 15 heavy (non-hydrogen) atoms. The van der Waals surface area contributed by atoms with Crippen molar-refractivity contribution in [3.63, 3.8) is 0 Å². The van der Waals surface area contributed by atoms with Crippen LogP contribution < -0.4 is 5.73 Å². The summed E-state index contributed by atoms with van der Waals surface area (Å²) in [7, 11) is 1.54. The lowest BCUT2D eigenvalue weighted by Gasteiger charge is -2.32. The summed E-state index contributed by atoms with van der Waals surface area (Å²) in [5.74, 6) is 1.64. The summed E-state index contributed by atoms with van der Waals surface area (Å²) in [6.07, 6.45) is 5.93. The Morgan fingerprint density at radius 2 is 2.20 bits per heavy atom. The summed E-state index contributed by atoms with van der Waals surface area (Å²) in [6.45, 7) is 1.87. The van der Waals surface area contributed by atoms with Crippen LogP contribution in [0, 0.1) is 0 Å². The first kappa shape index (κ1) is 13.1. The van der Waals surface area contributed by atoms with Crippen LogP contribution in [0.4, 0.5) is 0 Å². The van der Waals surface area contributed by atoms with Crippen LogP contribution in [-0.2, 0) is 10.8 Å². The molecule has 1 aliphatic rings. The van der Waals surface area contributed by atoms with Crippen molar-refractivity contribution in [1.29, 1.82) is 0 Å². The fraction of sp³-hybridized carbons (Fsp3) is 1.00. The molecule has 90 valence electrons. The van der Waals surface area contributed by atoms with Crippen LogP contribution in [0.25, 0.3) is 0 Å². The van der Waals surface area contributed by atoms with Crippen LogP contribution in [-0.4, -0.2) is 46.8 Å². The summed E-state index contributed by atoms with van der Waals surface area (Å²) < 4.78 is 11.6. The second kappa shape index (κ2) is 7.36. The van der Waals surface area contributed by atoms with Crippen molar-refractivity contribution in [1.82, 2.24) is 4.90 Å². The molecule has 1 aliphatic heterocycles. The number of rotatable bonds is 6. The van der Waals surface area contributed by atoms with Gasteiger partial charge in [-0.05, 0) is 45.8 Å². The van der Waals surface area contributed by atoms with Crippen molar-refractivity contribution < 1.29 is 4.21 Å². The van der Waals surface area contributed by atoms with Gasteiger partial charge >= 0.3 is 0 Å². The minimum atomic E-state index is -0.643. The Bertz CT molecular complexity index is 199. The predicted octanol–water partition coefficient (Wildman–Crippen LogP) is 0.958. The molecule has 2 atom stereocenters. The third-order valence-electron chi connectivity index (χ3n) is 3.18. The van der Waals surface area contributed by atoms with Gasteiger partial charge in [-0.25, -0.2) is 0 Å². The molecule has 1 fully saturated rings. The van der Waals surface area contributed by atoms with Crippen LogP contribution in [0.15, 0.2) is 0 Å². The third-order valence-corrected chi connectivity index (χ3v) is 4.61. The Hall–Kier alpha value is 0.0700. The topological polar surface area (TPSA) is 46.3 Å². The van der Waals surface area contributed by atoms with E-state index in [1.807, 2.05) is 0 Å². The molecule has 3 nitrogen and oxygen atoms in total. The largest absolute Gasteiger partial charge is 0.330 e. The Kier molecular flexibility index (Phi) is 6.45. The molecule has 0 amide bonds. The highest BCUT2D eigenvalue weighted by Crippen LogP contribution is 2.17. The monoisotopic (exact) mass is 232 g/mol. The molecule has 1 heterocycles. The molecular weight excluding hydrogens is 208 g/mol. The fourth-order valence-electron chi connectivity index (χ4n) is 2.12. The van der Waals surface area contributed by atoms with Crippen molar-refractivity contribution in [2.45, 2.75) is 38.1 Å². The summed E-state index contributed by atoms with van der Waals surface area (Å²) in [4.78, 5) is 2.42. The van der Waals surface area contributed by atoms with Crippen LogP contribution >= 0.6 is 0 Å². The maximum Gasteiger partial charge on any atom is 0.0249 e.